The lowest BCUT2D eigenvalue weighted by molar-refractivity contribution is -0.541. The Balaban J connectivity index is 3.39. The van der Waals surface area contributed by atoms with Crippen molar-refractivity contribution in [2.24, 2.45) is 0 Å². The van der Waals surface area contributed by atoms with Crippen molar-refractivity contribution in [3.63, 3.8) is 0 Å². The second-order valence-corrected chi connectivity index (χ2v) is 3.83. The molecule has 0 N–H and O–H groups in total. The summed E-state index contributed by atoms with van der Waals surface area (Å²) >= 11 is 0. The summed E-state index contributed by atoms with van der Waals surface area (Å²) in [7, 11) is 0. The standard InChI is InChI=1S/C10H15NO2/c1-6-7(2)9(4)10(5,8(6)3)11(12)13/h1-5H3. The third-order valence-electron chi connectivity index (χ3n) is 3.51. The Morgan fingerprint density at radius 3 is 1.54 bits per heavy atom. The lowest BCUT2D eigenvalue weighted by Gasteiger charge is -2.18. The first-order valence-electron chi connectivity index (χ1n) is 4.34. The van der Waals surface area contributed by atoms with E-state index in [9.17, 15) is 10.1 Å². The molecule has 0 spiro atoms. The summed E-state index contributed by atoms with van der Waals surface area (Å²) in [6.45, 7) is 9.26. The Morgan fingerprint density at radius 2 is 1.38 bits per heavy atom. The molecule has 1 rings (SSSR count). The van der Waals surface area contributed by atoms with Gasteiger partial charge in [0.2, 0.25) is 0 Å². The van der Waals surface area contributed by atoms with Crippen LogP contribution in [0.1, 0.15) is 34.6 Å². The molecule has 13 heavy (non-hydrogen) atoms. The molecule has 0 aromatic rings. The molecule has 0 fully saturated rings. The zero-order valence-corrected chi connectivity index (χ0v) is 8.76. The summed E-state index contributed by atoms with van der Waals surface area (Å²) in [5, 5.41) is 11.0. The number of nitro groups is 1. The van der Waals surface area contributed by atoms with E-state index in [4.69, 9.17) is 0 Å². The summed E-state index contributed by atoms with van der Waals surface area (Å²) < 4.78 is 0. The van der Waals surface area contributed by atoms with Crippen molar-refractivity contribution in [2.75, 3.05) is 0 Å². The van der Waals surface area contributed by atoms with Gasteiger partial charge in [-0.1, -0.05) is 0 Å². The molecule has 0 saturated carbocycles. The number of rotatable bonds is 1. The average Bonchev–Trinajstić information content (AvgIpc) is 2.22. The molecule has 72 valence electrons. The van der Waals surface area contributed by atoms with Crippen LogP contribution in [0.15, 0.2) is 22.3 Å². The van der Waals surface area contributed by atoms with E-state index in [1.807, 2.05) is 27.7 Å². The minimum Gasteiger partial charge on any atom is -0.263 e. The van der Waals surface area contributed by atoms with Gasteiger partial charge in [0.05, 0.1) is 0 Å². The van der Waals surface area contributed by atoms with Gasteiger partial charge in [0.1, 0.15) is 0 Å². The molecular weight excluding hydrogens is 166 g/mol. The van der Waals surface area contributed by atoms with Crippen molar-refractivity contribution >= 4 is 0 Å². The van der Waals surface area contributed by atoms with Gasteiger partial charge in [-0.25, -0.2) is 0 Å². The highest BCUT2D eigenvalue weighted by molar-refractivity contribution is 5.51. The smallest absolute Gasteiger partial charge is 0.262 e. The zero-order chi connectivity index (χ0) is 10.4. The number of hydrogen-bond acceptors (Lipinski definition) is 2. The third kappa shape index (κ3) is 1.03. The van der Waals surface area contributed by atoms with E-state index in [0.717, 1.165) is 22.3 Å². The summed E-state index contributed by atoms with van der Waals surface area (Å²) in [6, 6.07) is 0. The summed E-state index contributed by atoms with van der Waals surface area (Å²) in [5.41, 5.74) is 2.90. The molecular formula is C10H15NO2. The maximum Gasteiger partial charge on any atom is 0.262 e. The minimum absolute atomic E-state index is 0.197. The van der Waals surface area contributed by atoms with Crippen LogP contribution in [0.2, 0.25) is 0 Å². The maximum absolute atomic E-state index is 11.0. The number of nitrogens with zero attached hydrogens (tertiary/aromatic N) is 1. The van der Waals surface area contributed by atoms with Gasteiger partial charge in [0.15, 0.2) is 0 Å². The largest absolute Gasteiger partial charge is 0.263 e. The van der Waals surface area contributed by atoms with E-state index in [0.29, 0.717) is 0 Å². The van der Waals surface area contributed by atoms with Crippen LogP contribution in [0.25, 0.3) is 0 Å². The highest BCUT2D eigenvalue weighted by atomic mass is 16.6. The molecule has 0 atom stereocenters. The van der Waals surface area contributed by atoms with E-state index < -0.39 is 5.54 Å². The quantitative estimate of drug-likeness (QED) is 0.461. The van der Waals surface area contributed by atoms with E-state index in [1.165, 1.54) is 0 Å². The first-order valence-corrected chi connectivity index (χ1v) is 4.34. The second-order valence-electron chi connectivity index (χ2n) is 3.83. The van der Waals surface area contributed by atoms with Crippen LogP contribution < -0.4 is 0 Å². The fourth-order valence-electron chi connectivity index (χ4n) is 1.85. The van der Waals surface area contributed by atoms with Crippen molar-refractivity contribution in [3.8, 4) is 0 Å². The first kappa shape index (κ1) is 9.96. The van der Waals surface area contributed by atoms with Crippen LogP contribution in [-0.2, 0) is 0 Å². The Kier molecular flexibility index (Phi) is 2.06. The van der Waals surface area contributed by atoms with Crippen LogP contribution in [0, 0.1) is 10.1 Å². The Bertz CT molecular complexity index is 313. The van der Waals surface area contributed by atoms with Crippen LogP contribution in [0.4, 0.5) is 0 Å². The summed E-state index contributed by atoms with van der Waals surface area (Å²) in [4.78, 5) is 10.8. The fraction of sp³-hybridized carbons (Fsp3) is 0.600. The minimum atomic E-state index is -0.964. The van der Waals surface area contributed by atoms with Gasteiger partial charge in [-0.3, -0.25) is 10.1 Å². The molecule has 0 heterocycles. The van der Waals surface area contributed by atoms with E-state index >= 15 is 0 Å². The van der Waals surface area contributed by atoms with Gasteiger partial charge in [0.25, 0.3) is 5.54 Å². The lowest BCUT2D eigenvalue weighted by atomic mass is 9.90. The van der Waals surface area contributed by atoms with E-state index in [2.05, 4.69) is 0 Å². The summed E-state index contributed by atoms with van der Waals surface area (Å²) in [5.74, 6) is 0. The Morgan fingerprint density at radius 1 is 1.08 bits per heavy atom. The van der Waals surface area contributed by atoms with Crippen molar-refractivity contribution < 1.29 is 4.92 Å². The molecule has 3 heteroatoms. The molecule has 0 aromatic heterocycles. The maximum atomic E-state index is 11.0. The molecule has 0 unspecified atom stereocenters. The van der Waals surface area contributed by atoms with Gasteiger partial charge in [0, 0.05) is 23.0 Å². The van der Waals surface area contributed by atoms with Gasteiger partial charge in [-0.15, -0.1) is 0 Å². The molecule has 0 radical (unpaired) electrons. The SMILES string of the molecule is CC1=C(C)C(C)([N+](=O)[O-])C(C)=C1C. The molecule has 1 aliphatic rings. The number of hydrogen-bond donors (Lipinski definition) is 0. The van der Waals surface area contributed by atoms with Crippen molar-refractivity contribution in [2.45, 2.75) is 40.2 Å². The third-order valence-corrected chi connectivity index (χ3v) is 3.51. The van der Waals surface area contributed by atoms with Crippen LogP contribution in [-0.4, -0.2) is 10.5 Å². The normalized spacial score (nSPS) is 21.3. The van der Waals surface area contributed by atoms with Crippen molar-refractivity contribution in [1.82, 2.24) is 0 Å². The molecule has 3 nitrogen and oxygen atoms in total. The molecule has 0 amide bonds. The van der Waals surface area contributed by atoms with Crippen LogP contribution >= 0.6 is 0 Å². The molecule has 0 bridgehead atoms. The van der Waals surface area contributed by atoms with Crippen LogP contribution in [0.3, 0.4) is 0 Å². The van der Waals surface area contributed by atoms with Gasteiger partial charge in [-0.2, -0.15) is 0 Å². The highest BCUT2D eigenvalue weighted by Crippen LogP contribution is 2.41. The summed E-state index contributed by atoms with van der Waals surface area (Å²) in [6.07, 6.45) is 0. The highest BCUT2D eigenvalue weighted by Gasteiger charge is 2.47. The molecule has 0 aliphatic heterocycles. The lowest BCUT2D eigenvalue weighted by Crippen LogP contribution is -2.35. The van der Waals surface area contributed by atoms with Crippen LogP contribution in [0.5, 0.6) is 0 Å². The van der Waals surface area contributed by atoms with E-state index in [-0.39, 0.29) is 4.92 Å². The molecule has 0 saturated heterocycles. The van der Waals surface area contributed by atoms with E-state index in [1.54, 1.807) is 6.92 Å². The Hall–Kier alpha value is -1.12. The molecule has 0 aromatic carbocycles. The van der Waals surface area contributed by atoms with Crippen molar-refractivity contribution in [3.05, 3.63) is 32.4 Å². The monoisotopic (exact) mass is 181 g/mol. The number of allylic oxidation sites excluding steroid dienone is 2. The zero-order valence-electron chi connectivity index (χ0n) is 8.76. The predicted molar refractivity (Wildman–Crippen MR) is 52.1 cm³/mol. The topological polar surface area (TPSA) is 43.1 Å². The second kappa shape index (κ2) is 2.69. The van der Waals surface area contributed by atoms with Gasteiger partial charge in [-0.05, 0) is 38.8 Å². The Labute approximate surface area is 78.3 Å². The van der Waals surface area contributed by atoms with Gasteiger partial charge >= 0.3 is 0 Å². The first-order chi connectivity index (χ1) is 5.83. The molecule has 1 aliphatic carbocycles. The predicted octanol–water partition coefficient (Wildman–Crippen LogP) is 2.71. The van der Waals surface area contributed by atoms with Gasteiger partial charge < -0.3 is 0 Å². The fourth-order valence-corrected chi connectivity index (χ4v) is 1.85. The average molecular weight is 181 g/mol. The van der Waals surface area contributed by atoms with Crippen molar-refractivity contribution in [1.29, 1.82) is 0 Å².